The van der Waals surface area contributed by atoms with E-state index in [1.165, 1.54) is 0 Å². The molecule has 0 aromatic heterocycles. The van der Waals surface area contributed by atoms with Crippen molar-refractivity contribution in [2.45, 2.75) is 25.8 Å². The third-order valence-electron chi connectivity index (χ3n) is 3.66. The van der Waals surface area contributed by atoms with Gasteiger partial charge in [-0.15, -0.1) is 0 Å². The molecule has 1 aliphatic rings. The number of hydrogen-bond acceptors (Lipinski definition) is 2. The van der Waals surface area contributed by atoms with Gasteiger partial charge in [-0.25, -0.2) is 0 Å². The molecule has 1 N–H and O–H groups in total. The van der Waals surface area contributed by atoms with E-state index in [-0.39, 0.29) is 12.3 Å². The topological polar surface area (TPSA) is 57.6 Å². The monoisotopic (exact) mass is 315 g/mol. The number of carbonyl (C=O) groups excluding carboxylic acids is 1. The maximum absolute atomic E-state index is 12.0. The van der Waals surface area contributed by atoms with E-state index in [2.05, 4.69) is 0 Å². The maximum atomic E-state index is 12.0. The Morgan fingerprint density at radius 3 is 2.75 bits per heavy atom. The van der Waals surface area contributed by atoms with Gasteiger partial charge in [-0.05, 0) is 25.0 Å². The molecule has 1 aromatic rings. The number of hydrogen-bond donors (Lipinski definition) is 1. The molecule has 0 saturated carbocycles. The third-order valence-corrected chi connectivity index (χ3v) is 4.50. The van der Waals surface area contributed by atoms with Crippen molar-refractivity contribution in [1.82, 2.24) is 4.90 Å². The molecular weight excluding hydrogens is 301 g/mol. The average molecular weight is 316 g/mol. The van der Waals surface area contributed by atoms with E-state index in [4.69, 9.17) is 23.2 Å². The maximum Gasteiger partial charge on any atom is 0.308 e. The van der Waals surface area contributed by atoms with E-state index in [9.17, 15) is 14.7 Å². The van der Waals surface area contributed by atoms with Crippen LogP contribution < -0.4 is 0 Å². The molecule has 1 aromatic carbocycles. The Labute approximate surface area is 127 Å². The van der Waals surface area contributed by atoms with Crippen molar-refractivity contribution in [2.24, 2.45) is 5.92 Å². The van der Waals surface area contributed by atoms with Crippen LogP contribution in [-0.4, -0.2) is 28.4 Å². The van der Waals surface area contributed by atoms with Crippen LogP contribution in [0.15, 0.2) is 18.2 Å². The highest BCUT2D eigenvalue weighted by atomic mass is 35.5. The van der Waals surface area contributed by atoms with Crippen LogP contribution in [0.4, 0.5) is 0 Å². The SMILES string of the molecule is CCN1C(=O)CCC(C(=O)O)C1c1cccc(Cl)c1Cl. The smallest absolute Gasteiger partial charge is 0.308 e. The predicted molar refractivity (Wildman–Crippen MR) is 76.9 cm³/mol. The minimum Gasteiger partial charge on any atom is -0.481 e. The summed E-state index contributed by atoms with van der Waals surface area (Å²) in [5.41, 5.74) is 0.599. The van der Waals surface area contributed by atoms with Crippen molar-refractivity contribution in [2.75, 3.05) is 6.54 Å². The molecule has 0 aliphatic carbocycles. The van der Waals surface area contributed by atoms with Crippen LogP contribution in [0.5, 0.6) is 0 Å². The third kappa shape index (κ3) is 2.63. The van der Waals surface area contributed by atoms with E-state index in [1.807, 2.05) is 6.92 Å². The van der Waals surface area contributed by atoms with Gasteiger partial charge in [0.1, 0.15) is 0 Å². The fraction of sp³-hybridized carbons (Fsp3) is 0.429. The molecule has 0 bridgehead atoms. The Bertz CT molecular complexity index is 545. The molecule has 2 rings (SSSR count). The largest absolute Gasteiger partial charge is 0.481 e. The number of halogens is 2. The highest BCUT2D eigenvalue weighted by molar-refractivity contribution is 6.42. The van der Waals surface area contributed by atoms with Crippen LogP contribution >= 0.6 is 23.2 Å². The Morgan fingerprint density at radius 1 is 1.45 bits per heavy atom. The van der Waals surface area contributed by atoms with E-state index in [0.717, 1.165) is 0 Å². The summed E-state index contributed by atoms with van der Waals surface area (Å²) in [4.78, 5) is 25.1. The lowest BCUT2D eigenvalue weighted by molar-refractivity contribution is -0.151. The standard InChI is InChI=1S/C14H15Cl2NO3/c1-2-17-11(18)7-6-9(14(19)20)13(17)8-4-3-5-10(15)12(8)16/h3-5,9,13H,2,6-7H2,1H3,(H,19,20). The molecule has 6 heteroatoms. The van der Waals surface area contributed by atoms with Crippen LogP contribution in [-0.2, 0) is 9.59 Å². The van der Waals surface area contributed by atoms with E-state index < -0.39 is 17.9 Å². The van der Waals surface area contributed by atoms with Crippen LogP contribution in [0, 0.1) is 5.92 Å². The number of amides is 1. The fourth-order valence-electron chi connectivity index (χ4n) is 2.72. The minimum atomic E-state index is -0.919. The molecule has 1 amide bonds. The Kier molecular flexibility index (Phi) is 4.55. The fourth-order valence-corrected chi connectivity index (χ4v) is 3.14. The molecule has 0 spiro atoms. The Balaban J connectivity index is 2.52. The first-order valence-electron chi connectivity index (χ1n) is 6.43. The molecule has 108 valence electrons. The van der Waals surface area contributed by atoms with Gasteiger partial charge in [-0.3, -0.25) is 9.59 Å². The van der Waals surface area contributed by atoms with Crippen molar-refractivity contribution in [3.05, 3.63) is 33.8 Å². The lowest BCUT2D eigenvalue weighted by Gasteiger charge is -2.39. The number of rotatable bonds is 3. The zero-order valence-corrected chi connectivity index (χ0v) is 12.5. The van der Waals surface area contributed by atoms with Gasteiger partial charge in [0.25, 0.3) is 0 Å². The van der Waals surface area contributed by atoms with Gasteiger partial charge in [0.15, 0.2) is 0 Å². The van der Waals surface area contributed by atoms with Crippen LogP contribution in [0.25, 0.3) is 0 Å². The molecule has 2 atom stereocenters. The summed E-state index contributed by atoms with van der Waals surface area (Å²) in [5, 5.41) is 10.1. The van der Waals surface area contributed by atoms with Gasteiger partial charge < -0.3 is 10.0 Å². The minimum absolute atomic E-state index is 0.0500. The normalized spacial score (nSPS) is 22.9. The zero-order valence-electron chi connectivity index (χ0n) is 11.0. The Morgan fingerprint density at radius 2 is 2.15 bits per heavy atom. The second kappa shape index (κ2) is 6.02. The molecule has 4 nitrogen and oxygen atoms in total. The van der Waals surface area contributed by atoms with Gasteiger partial charge >= 0.3 is 5.97 Å². The number of benzene rings is 1. The molecule has 1 saturated heterocycles. The van der Waals surface area contributed by atoms with Crippen LogP contribution in [0.2, 0.25) is 10.0 Å². The molecule has 2 unspecified atom stereocenters. The highest BCUT2D eigenvalue weighted by Gasteiger charge is 2.41. The summed E-state index contributed by atoms with van der Waals surface area (Å²) in [7, 11) is 0. The molecular formula is C14H15Cl2NO3. The average Bonchev–Trinajstić information content (AvgIpc) is 2.41. The molecule has 20 heavy (non-hydrogen) atoms. The van der Waals surface area contributed by atoms with Crippen molar-refractivity contribution in [3.63, 3.8) is 0 Å². The lowest BCUT2D eigenvalue weighted by Crippen LogP contribution is -2.45. The number of carboxylic acid groups (broad SMARTS) is 1. The van der Waals surface area contributed by atoms with Gasteiger partial charge in [0, 0.05) is 13.0 Å². The first kappa shape index (κ1) is 15.1. The Hall–Kier alpha value is -1.26. The van der Waals surface area contributed by atoms with Crippen molar-refractivity contribution >= 4 is 35.1 Å². The first-order chi connectivity index (χ1) is 9.47. The molecule has 0 radical (unpaired) electrons. The highest BCUT2D eigenvalue weighted by Crippen LogP contribution is 2.41. The van der Waals surface area contributed by atoms with Crippen molar-refractivity contribution in [1.29, 1.82) is 0 Å². The number of piperidine rings is 1. The number of carbonyl (C=O) groups is 2. The van der Waals surface area contributed by atoms with E-state index >= 15 is 0 Å². The van der Waals surface area contributed by atoms with Gasteiger partial charge in [0.2, 0.25) is 5.91 Å². The van der Waals surface area contributed by atoms with Gasteiger partial charge in [-0.1, -0.05) is 35.3 Å². The number of nitrogens with zero attached hydrogens (tertiary/aromatic N) is 1. The van der Waals surface area contributed by atoms with Crippen molar-refractivity contribution in [3.8, 4) is 0 Å². The summed E-state index contributed by atoms with van der Waals surface area (Å²) < 4.78 is 0. The summed E-state index contributed by atoms with van der Waals surface area (Å²) in [5.74, 6) is -1.63. The van der Waals surface area contributed by atoms with Crippen LogP contribution in [0.3, 0.4) is 0 Å². The second-order valence-corrected chi connectivity index (χ2v) is 5.54. The number of aliphatic carboxylic acids is 1. The summed E-state index contributed by atoms with van der Waals surface area (Å²) in [6, 6.07) is 4.53. The molecule has 1 aliphatic heterocycles. The summed E-state index contributed by atoms with van der Waals surface area (Å²) >= 11 is 12.2. The lowest BCUT2D eigenvalue weighted by atomic mass is 9.84. The summed E-state index contributed by atoms with van der Waals surface area (Å²) in [6.07, 6.45) is 0.567. The molecule has 1 heterocycles. The van der Waals surface area contributed by atoms with E-state index in [1.54, 1.807) is 23.1 Å². The zero-order chi connectivity index (χ0) is 14.9. The van der Waals surface area contributed by atoms with E-state index in [0.29, 0.717) is 28.6 Å². The van der Waals surface area contributed by atoms with Crippen molar-refractivity contribution < 1.29 is 14.7 Å². The number of carboxylic acids is 1. The van der Waals surface area contributed by atoms with Crippen LogP contribution in [0.1, 0.15) is 31.4 Å². The quantitative estimate of drug-likeness (QED) is 0.930. The first-order valence-corrected chi connectivity index (χ1v) is 7.19. The second-order valence-electron chi connectivity index (χ2n) is 4.75. The predicted octanol–water partition coefficient (Wildman–Crippen LogP) is 3.38. The number of likely N-dealkylation sites (tertiary alicyclic amines) is 1. The summed E-state index contributed by atoms with van der Waals surface area (Å²) in [6.45, 7) is 2.27. The van der Waals surface area contributed by atoms with Gasteiger partial charge in [-0.2, -0.15) is 0 Å². The molecule has 1 fully saturated rings. The van der Waals surface area contributed by atoms with Gasteiger partial charge in [0.05, 0.1) is 22.0 Å².